The number of amides is 2. The lowest BCUT2D eigenvalue weighted by atomic mass is 10.1. The molecule has 24 heavy (non-hydrogen) atoms. The van der Waals surface area contributed by atoms with E-state index in [0.717, 1.165) is 5.69 Å². The molecular weight excluding hydrogens is 304 g/mol. The first-order valence-electron chi connectivity index (χ1n) is 7.88. The summed E-state index contributed by atoms with van der Waals surface area (Å²) in [6.07, 6.45) is 3.92. The lowest BCUT2D eigenvalue weighted by molar-refractivity contribution is -0.118. The number of benzene rings is 1. The Morgan fingerprint density at radius 3 is 2.62 bits per heavy atom. The van der Waals surface area contributed by atoms with Gasteiger partial charge in [-0.05, 0) is 31.2 Å². The first kappa shape index (κ1) is 15.9. The van der Waals surface area contributed by atoms with Crippen LogP contribution in [0.4, 0.5) is 11.4 Å². The molecule has 122 valence electrons. The topological polar surface area (TPSA) is 65.9 Å². The van der Waals surface area contributed by atoms with E-state index < -0.39 is 0 Å². The van der Waals surface area contributed by atoms with Crippen LogP contribution in [0.25, 0.3) is 0 Å². The van der Waals surface area contributed by atoms with Crippen molar-refractivity contribution in [2.75, 3.05) is 16.5 Å². The van der Waals surface area contributed by atoms with E-state index >= 15 is 0 Å². The van der Waals surface area contributed by atoms with Crippen molar-refractivity contribution in [2.45, 2.75) is 19.8 Å². The van der Waals surface area contributed by atoms with Crippen LogP contribution in [-0.4, -0.2) is 29.1 Å². The summed E-state index contributed by atoms with van der Waals surface area (Å²) in [5.41, 5.74) is 1.76. The quantitative estimate of drug-likeness (QED) is 0.869. The van der Waals surface area contributed by atoms with Crippen molar-refractivity contribution in [3.8, 4) is 0 Å². The third-order valence-corrected chi connectivity index (χ3v) is 3.80. The van der Waals surface area contributed by atoms with Gasteiger partial charge in [0.2, 0.25) is 5.91 Å². The van der Waals surface area contributed by atoms with Gasteiger partial charge in [0.05, 0.1) is 17.6 Å². The maximum Gasteiger partial charge on any atom is 0.274 e. The molecule has 1 aliphatic rings. The largest absolute Gasteiger partial charge is 0.306 e. The number of pyridine rings is 1. The second-order valence-electron chi connectivity index (χ2n) is 5.35. The molecule has 0 radical (unpaired) electrons. The first-order valence-corrected chi connectivity index (χ1v) is 7.88. The van der Waals surface area contributed by atoms with Crippen molar-refractivity contribution in [1.82, 2.24) is 4.98 Å². The van der Waals surface area contributed by atoms with Crippen LogP contribution in [-0.2, 0) is 9.59 Å². The number of para-hydroxylation sites is 1. The predicted molar refractivity (Wildman–Crippen MR) is 92.9 cm³/mol. The van der Waals surface area contributed by atoms with E-state index in [2.05, 4.69) is 10.1 Å². The number of aromatic nitrogens is 1. The third-order valence-electron chi connectivity index (χ3n) is 3.80. The molecule has 0 saturated carbocycles. The Kier molecular flexibility index (Phi) is 4.65. The summed E-state index contributed by atoms with van der Waals surface area (Å²) in [7, 11) is 0. The molecule has 0 atom stereocenters. The Balaban J connectivity index is 1.90. The van der Waals surface area contributed by atoms with E-state index in [9.17, 15) is 9.59 Å². The van der Waals surface area contributed by atoms with Crippen LogP contribution in [0.5, 0.6) is 0 Å². The molecule has 0 spiro atoms. The molecule has 2 heterocycles. The Labute approximate surface area is 140 Å². The van der Waals surface area contributed by atoms with Crippen molar-refractivity contribution >= 4 is 28.9 Å². The van der Waals surface area contributed by atoms with Gasteiger partial charge in [-0.3, -0.25) is 14.6 Å². The zero-order valence-electron chi connectivity index (χ0n) is 13.4. The summed E-state index contributed by atoms with van der Waals surface area (Å²) in [5, 5.41) is 5.63. The van der Waals surface area contributed by atoms with Gasteiger partial charge in [-0.1, -0.05) is 18.2 Å². The van der Waals surface area contributed by atoms with Crippen molar-refractivity contribution in [2.24, 2.45) is 5.10 Å². The second kappa shape index (κ2) is 7.04. The third kappa shape index (κ3) is 3.17. The molecule has 0 saturated heterocycles. The van der Waals surface area contributed by atoms with Crippen LogP contribution in [0.1, 0.15) is 19.8 Å². The average molecular weight is 322 g/mol. The highest BCUT2D eigenvalue weighted by atomic mass is 16.2. The molecule has 1 aromatic heterocycles. The van der Waals surface area contributed by atoms with Gasteiger partial charge < -0.3 is 4.90 Å². The zero-order valence-corrected chi connectivity index (χ0v) is 13.4. The predicted octanol–water partition coefficient (Wildman–Crippen LogP) is 2.62. The molecule has 0 aliphatic carbocycles. The molecule has 3 rings (SSSR count). The minimum atomic E-state index is -0.195. The Morgan fingerprint density at radius 2 is 1.96 bits per heavy atom. The van der Waals surface area contributed by atoms with E-state index in [4.69, 9.17) is 0 Å². The summed E-state index contributed by atoms with van der Waals surface area (Å²) in [6.45, 7) is 2.40. The fourth-order valence-electron chi connectivity index (χ4n) is 2.59. The minimum Gasteiger partial charge on any atom is -0.306 e. The van der Waals surface area contributed by atoms with Crippen molar-refractivity contribution in [1.29, 1.82) is 0 Å². The highest BCUT2D eigenvalue weighted by Crippen LogP contribution is 2.21. The average Bonchev–Trinajstić information content (AvgIpc) is 2.64. The molecule has 0 fully saturated rings. The van der Waals surface area contributed by atoms with E-state index in [0.29, 0.717) is 24.4 Å². The van der Waals surface area contributed by atoms with Crippen LogP contribution in [0.15, 0.2) is 60.0 Å². The van der Waals surface area contributed by atoms with Crippen LogP contribution in [0.3, 0.4) is 0 Å². The number of nitrogens with zero attached hydrogens (tertiary/aromatic N) is 4. The Bertz CT molecular complexity index is 759. The highest BCUT2D eigenvalue weighted by molar-refractivity contribution is 6.44. The molecule has 1 aromatic carbocycles. The number of hydrogen-bond acceptors (Lipinski definition) is 4. The molecule has 0 bridgehead atoms. The lowest BCUT2D eigenvalue weighted by Gasteiger charge is -2.26. The van der Waals surface area contributed by atoms with Gasteiger partial charge in [-0.2, -0.15) is 5.10 Å². The monoisotopic (exact) mass is 322 g/mol. The van der Waals surface area contributed by atoms with E-state index in [-0.39, 0.29) is 18.2 Å². The van der Waals surface area contributed by atoms with Gasteiger partial charge in [0.1, 0.15) is 5.71 Å². The number of carbonyl (C=O) groups is 2. The fourth-order valence-corrected chi connectivity index (χ4v) is 2.59. The normalized spacial score (nSPS) is 14.3. The van der Waals surface area contributed by atoms with Crippen LogP contribution in [0.2, 0.25) is 0 Å². The van der Waals surface area contributed by atoms with Crippen molar-refractivity contribution in [3.63, 3.8) is 0 Å². The van der Waals surface area contributed by atoms with Crippen LogP contribution >= 0.6 is 0 Å². The molecule has 0 unspecified atom stereocenters. The second-order valence-corrected chi connectivity index (χ2v) is 5.35. The van der Waals surface area contributed by atoms with Gasteiger partial charge in [-0.25, -0.2) is 5.01 Å². The summed E-state index contributed by atoms with van der Waals surface area (Å²) in [4.78, 5) is 30.7. The minimum absolute atomic E-state index is 0.109. The summed E-state index contributed by atoms with van der Waals surface area (Å²) in [5.74, 6) is -0.305. The summed E-state index contributed by atoms with van der Waals surface area (Å²) < 4.78 is 0. The van der Waals surface area contributed by atoms with E-state index in [1.807, 2.05) is 31.2 Å². The number of carbonyl (C=O) groups excluding carboxylic acids is 2. The molecule has 2 amide bonds. The Morgan fingerprint density at radius 1 is 1.17 bits per heavy atom. The standard InChI is InChI=1S/C18H18N4O2/c1-2-21(15-9-6-12-19-13-15)18(24)16-10-11-17(23)22(20-16)14-7-4-3-5-8-14/h3-9,12-13H,2,10-11H2,1H3. The summed E-state index contributed by atoms with van der Waals surface area (Å²) >= 11 is 0. The zero-order chi connectivity index (χ0) is 16.9. The van der Waals surface area contributed by atoms with Gasteiger partial charge in [-0.15, -0.1) is 0 Å². The molecular formula is C18H18N4O2. The maximum atomic E-state index is 12.8. The number of anilines is 2. The Hall–Kier alpha value is -3.02. The van der Waals surface area contributed by atoms with Gasteiger partial charge in [0, 0.05) is 25.6 Å². The number of hydrogen-bond donors (Lipinski definition) is 0. The molecule has 0 N–H and O–H groups in total. The molecule has 2 aromatic rings. The van der Waals surface area contributed by atoms with Crippen molar-refractivity contribution < 1.29 is 9.59 Å². The molecule has 6 nitrogen and oxygen atoms in total. The van der Waals surface area contributed by atoms with Gasteiger partial charge in [0.15, 0.2) is 0 Å². The lowest BCUT2D eigenvalue weighted by Crippen LogP contribution is -2.41. The van der Waals surface area contributed by atoms with E-state index in [1.54, 1.807) is 35.5 Å². The van der Waals surface area contributed by atoms with Crippen LogP contribution < -0.4 is 9.91 Å². The van der Waals surface area contributed by atoms with Gasteiger partial charge >= 0.3 is 0 Å². The fraction of sp³-hybridized carbons (Fsp3) is 0.222. The number of rotatable bonds is 4. The SMILES string of the molecule is CCN(C(=O)C1=NN(c2ccccc2)C(=O)CC1)c1cccnc1. The van der Waals surface area contributed by atoms with Crippen LogP contribution in [0, 0.1) is 0 Å². The van der Waals surface area contributed by atoms with Gasteiger partial charge in [0.25, 0.3) is 5.91 Å². The van der Waals surface area contributed by atoms with E-state index in [1.165, 1.54) is 5.01 Å². The number of hydrazone groups is 1. The van der Waals surface area contributed by atoms with Crippen molar-refractivity contribution in [3.05, 3.63) is 54.9 Å². The first-order chi connectivity index (χ1) is 11.7. The molecule has 1 aliphatic heterocycles. The molecule has 6 heteroatoms. The smallest absolute Gasteiger partial charge is 0.274 e. The maximum absolute atomic E-state index is 12.8. The summed E-state index contributed by atoms with van der Waals surface area (Å²) in [6, 6.07) is 12.8. The highest BCUT2D eigenvalue weighted by Gasteiger charge is 2.28.